The number of alkyl halides is 1. The second kappa shape index (κ2) is 6.81. The van der Waals surface area contributed by atoms with Crippen LogP contribution in [0.5, 0.6) is 0 Å². The third-order valence-electron chi connectivity index (χ3n) is 2.80. The predicted molar refractivity (Wildman–Crippen MR) is 73.1 cm³/mol. The summed E-state index contributed by atoms with van der Waals surface area (Å²) in [5.74, 6) is 1.22. The van der Waals surface area contributed by atoms with Crippen LogP contribution in [0.1, 0.15) is 35.2 Å². The van der Waals surface area contributed by atoms with Crippen molar-refractivity contribution in [3.63, 3.8) is 0 Å². The summed E-state index contributed by atoms with van der Waals surface area (Å²) in [7, 11) is 3.97. The molecular weight excluding hydrogens is 252 g/mol. The van der Waals surface area contributed by atoms with Gasteiger partial charge in [-0.3, -0.25) is 4.79 Å². The van der Waals surface area contributed by atoms with E-state index in [0.717, 1.165) is 18.5 Å². The van der Waals surface area contributed by atoms with Crippen LogP contribution in [0.3, 0.4) is 0 Å². The van der Waals surface area contributed by atoms with E-state index in [1.807, 2.05) is 32.8 Å². The summed E-state index contributed by atoms with van der Waals surface area (Å²) >= 11 is 5.75. The van der Waals surface area contributed by atoms with Crippen LogP contribution in [0.2, 0.25) is 0 Å². The molecule has 1 N–H and O–H groups in total. The quantitative estimate of drug-likeness (QED) is 0.809. The Balaban J connectivity index is 2.68. The highest BCUT2D eigenvalue weighted by Gasteiger charge is 2.17. The molecule has 0 bridgehead atoms. The number of aryl methyl sites for hydroxylation is 1. The van der Waals surface area contributed by atoms with Crippen molar-refractivity contribution in [3.8, 4) is 0 Å². The van der Waals surface area contributed by atoms with Crippen LogP contribution in [-0.2, 0) is 5.88 Å². The molecule has 1 heterocycles. The van der Waals surface area contributed by atoms with E-state index in [1.54, 1.807) is 6.07 Å². The fourth-order valence-corrected chi connectivity index (χ4v) is 2.00. The molecule has 1 aromatic heterocycles. The standard InChI is InChI=1S/C13H21ClN2O2/c1-5-11(8-16(3)4)15-13(17)12-6-10(7-14)9(2)18-12/h6,11H,5,7-8H2,1-4H3,(H,15,17). The third kappa shape index (κ3) is 4.03. The van der Waals surface area contributed by atoms with E-state index < -0.39 is 0 Å². The third-order valence-corrected chi connectivity index (χ3v) is 3.09. The lowest BCUT2D eigenvalue weighted by Crippen LogP contribution is -2.41. The molecule has 0 saturated heterocycles. The Labute approximate surface area is 113 Å². The number of hydrogen-bond acceptors (Lipinski definition) is 3. The SMILES string of the molecule is CCC(CN(C)C)NC(=O)c1cc(CCl)c(C)o1. The first-order chi connectivity index (χ1) is 8.47. The fraction of sp³-hybridized carbons (Fsp3) is 0.615. The van der Waals surface area contributed by atoms with Crippen LogP contribution in [0, 0.1) is 6.92 Å². The Bertz CT molecular complexity index is 402. The van der Waals surface area contributed by atoms with E-state index in [0.29, 0.717) is 17.4 Å². The van der Waals surface area contributed by atoms with Crippen molar-refractivity contribution in [2.24, 2.45) is 0 Å². The first kappa shape index (κ1) is 15.1. The summed E-state index contributed by atoms with van der Waals surface area (Å²) in [6, 6.07) is 1.83. The summed E-state index contributed by atoms with van der Waals surface area (Å²) in [4.78, 5) is 14.1. The molecule has 102 valence electrons. The average molecular weight is 273 g/mol. The molecular formula is C13H21ClN2O2. The molecule has 1 amide bonds. The monoisotopic (exact) mass is 272 g/mol. The maximum atomic E-state index is 12.0. The van der Waals surface area contributed by atoms with Crippen molar-refractivity contribution in [1.29, 1.82) is 0 Å². The van der Waals surface area contributed by atoms with Crippen molar-refractivity contribution in [2.45, 2.75) is 32.2 Å². The predicted octanol–water partition coefficient (Wildman–Crippen LogP) is 2.40. The number of halogens is 1. The molecule has 0 aliphatic carbocycles. The maximum Gasteiger partial charge on any atom is 0.287 e. The normalized spacial score (nSPS) is 12.8. The van der Waals surface area contributed by atoms with Gasteiger partial charge in [0.2, 0.25) is 0 Å². The number of furan rings is 1. The second-order valence-corrected chi connectivity index (χ2v) is 4.93. The van der Waals surface area contributed by atoms with E-state index >= 15 is 0 Å². The maximum absolute atomic E-state index is 12.0. The highest BCUT2D eigenvalue weighted by atomic mass is 35.5. The molecule has 18 heavy (non-hydrogen) atoms. The topological polar surface area (TPSA) is 45.5 Å². The lowest BCUT2D eigenvalue weighted by Gasteiger charge is -2.20. The minimum atomic E-state index is -0.178. The molecule has 0 aliphatic rings. The summed E-state index contributed by atoms with van der Waals surface area (Å²) < 4.78 is 5.41. The summed E-state index contributed by atoms with van der Waals surface area (Å²) in [5.41, 5.74) is 0.863. The molecule has 0 aliphatic heterocycles. The van der Waals surface area contributed by atoms with Gasteiger partial charge >= 0.3 is 0 Å². The second-order valence-electron chi connectivity index (χ2n) is 4.67. The molecule has 1 unspecified atom stereocenters. The molecule has 1 aromatic rings. The average Bonchev–Trinajstić information content (AvgIpc) is 2.69. The minimum absolute atomic E-state index is 0.123. The van der Waals surface area contributed by atoms with E-state index in [9.17, 15) is 4.79 Å². The van der Waals surface area contributed by atoms with Gasteiger partial charge in [0.15, 0.2) is 5.76 Å². The smallest absolute Gasteiger partial charge is 0.287 e. The van der Waals surface area contributed by atoms with E-state index in [1.165, 1.54) is 0 Å². The van der Waals surface area contributed by atoms with E-state index in [2.05, 4.69) is 5.32 Å². The molecule has 4 nitrogen and oxygen atoms in total. The zero-order valence-corrected chi connectivity index (χ0v) is 12.2. The van der Waals surface area contributed by atoms with Gasteiger partial charge in [-0.15, -0.1) is 11.6 Å². The Morgan fingerprint density at radius 2 is 2.22 bits per heavy atom. The van der Waals surface area contributed by atoms with Crippen LogP contribution in [-0.4, -0.2) is 37.5 Å². The van der Waals surface area contributed by atoms with Crippen LogP contribution >= 0.6 is 11.6 Å². The lowest BCUT2D eigenvalue weighted by molar-refractivity contribution is 0.0899. The molecule has 0 saturated carbocycles. The summed E-state index contributed by atoms with van der Waals surface area (Å²) in [6.07, 6.45) is 0.881. The van der Waals surface area contributed by atoms with Gasteiger partial charge in [0.05, 0.1) is 5.88 Å². The van der Waals surface area contributed by atoms with Crippen molar-refractivity contribution in [1.82, 2.24) is 10.2 Å². The Morgan fingerprint density at radius 1 is 1.56 bits per heavy atom. The van der Waals surface area contributed by atoms with Gasteiger partial charge in [0.1, 0.15) is 5.76 Å². The lowest BCUT2D eigenvalue weighted by atomic mass is 10.2. The first-order valence-corrected chi connectivity index (χ1v) is 6.62. The van der Waals surface area contributed by atoms with Crippen molar-refractivity contribution < 1.29 is 9.21 Å². The van der Waals surface area contributed by atoms with Crippen molar-refractivity contribution in [2.75, 3.05) is 20.6 Å². The van der Waals surface area contributed by atoms with Crippen LogP contribution in [0.15, 0.2) is 10.5 Å². The number of nitrogens with one attached hydrogen (secondary N) is 1. The zero-order valence-electron chi connectivity index (χ0n) is 11.4. The summed E-state index contributed by atoms with van der Waals surface area (Å²) in [5, 5.41) is 2.96. The number of carbonyl (C=O) groups is 1. The van der Waals surface area contributed by atoms with Gasteiger partial charge in [-0.2, -0.15) is 0 Å². The molecule has 0 radical (unpaired) electrons. The van der Waals surface area contributed by atoms with Gasteiger partial charge in [0, 0.05) is 18.2 Å². The highest BCUT2D eigenvalue weighted by molar-refractivity contribution is 6.17. The van der Waals surface area contributed by atoms with Gasteiger partial charge in [-0.25, -0.2) is 0 Å². The fourth-order valence-electron chi connectivity index (χ4n) is 1.74. The Morgan fingerprint density at radius 3 is 2.67 bits per heavy atom. The van der Waals surface area contributed by atoms with Crippen LogP contribution in [0.25, 0.3) is 0 Å². The molecule has 0 fully saturated rings. The number of likely N-dealkylation sites (N-methyl/N-ethyl adjacent to an activating group) is 1. The van der Waals surface area contributed by atoms with Crippen molar-refractivity contribution >= 4 is 17.5 Å². The number of rotatable bonds is 6. The van der Waals surface area contributed by atoms with Gasteiger partial charge in [-0.05, 0) is 33.5 Å². The zero-order chi connectivity index (χ0) is 13.7. The Hall–Kier alpha value is -1.00. The number of nitrogens with zero attached hydrogens (tertiary/aromatic N) is 1. The first-order valence-electron chi connectivity index (χ1n) is 6.08. The van der Waals surface area contributed by atoms with Gasteiger partial charge < -0.3 is 14.6 Å². The molecule has 0 spiro atoms. The Kier molecular flexibility index (Phi) is 5.69. The summed E-state index contributed by atoms with van der Waals surface area (Å²) in [6.45, 7) is 4.67. The number of hydrogen-bond donors (Lipinski definition) is 1. The number of amides is 1. The van der Waals surface area contributed by atoms with Gasteiger partial charge in [0.25, 0.3) is 5.91 Å². The van der Waals surface area contributed by atoms with E-state index in [-0.39, 0.29) is 11.9 Å². The number of carbonyl (C=O) groups excluding carboxylic acids is 1. The molecule has 1 atom stereocenters. The molecule has 5 heteroatoms. The molecule has 0 aromatic carbocycles. The van der Waals surface area contributed by atoms with Crippen molar-refractivity contribution in [3.05, 3.63) is 23.2 Å². The largest absolute Gasteiger partial charge is 0.456 e. The van der Waals surface area contributed by atoms with Crippen LogP contribution in [0.4, 0.5) is 0 Å². The highest BCUT2D eigenvalue weighted by Crippen LogP contribution is 2.16. The molecule has 1 rings (SSSR count). The van der Waals surface area contributed by atoms with Crippen LogP contribution < -0.4 is 5.32 Å². The van der Waals surface area contributed by atoms with E-state index in [4.69, 9.17) is 16.0 Å². The van der Waals surface area contributed by atoms with Gasteiger partial charge in [-0.1, -0.05) is 6.92 Å². The minimum Gasteiger partial charge on any atom is -0.456 e.